The Bertz CT molecular complexity index is 417. The summed E-state index contributed by atoms with van der Waals surface area (Å²) in [5.74, 6) is -0.405. The third-order valence-corrected chi connectivity index (χ3v) is 3.48. The van der Waals surface area contributed by atoms with Gasteiger partial charge in [-0.05, 0) is 26.3 Å². The summed E-state index contributed by atoms with van der Waals surface area (Å²) in [6, 6.07) is -0.657. The van der Waals surface area contributed by atoms with Crippen molar-refractivity contribution >= 4 is 12.0 Å². The fourth-order valence-electron chi connectivity index (χ4n) is 2.54. The van der Waals surface area contributed by atoms with Gasteiger partial charge in [-0.1, -0.05) is 13.8 Å². The van der Waals surface area contributed by atoms with Gasteiger partial charge in [0.15, 0.2) is 0 Å². The minimum atomic E-state index is -0.405. The minimum absolute atomic E-state index is 0.0332. The molecule has 0 aliphatic carbocycles. The topological polar surface area (TPSA) is 90.9 Å². The number of nitrogens with zero attached hydrogens (tertiary/aromatic N) is 1. The first-order valence-corrected chi connectivity index (χ1v) is 7.88. The highest BCUT2D eigenvalue weighted by molar-refractivity contribution is 5.94. The molecule has 1 heterocycles. The number of carbonyl (C=O) groups is 2. The van der Waals surface area contributed by atoms with Crippen LogP contribution in [0, 0.1) is 0 Å². The molecule has 0 aromatic carbocycles. The first-order valence-electron chi connectivity index (χ1n) is 7.88. The van der Waals surface area contributed by atoms with Crippen LogP contribution in [0.25, 0.3) is 0 Å². The standard InChI is InChI=1S/C15H27N3O4/c1-4-7-18(8-9-19)10-12-13(14(20)22-6-3)11(5-2)16-15(21)17-12/h11,19H,4-10H2,1-3H3,(H2,16,17,21). The van der Waals surface area contributed by atoms with E-state index in [0.717, 1.165) is 13.0 Å². The summed E-state index contributed by atoms with van der Waals surface area (Å²) in [5.41, 5.74) is 1.04. The zero-order valence-corrected chi connectivity index (χ0v) is 13.6. The Kier molecular flexibility index (Phi) is 7.90. The van der Waals surface area contributed by atoms with E-state index in [2.05, 4.69) is 10.6 Å². The van der Waals surface area contributed by atoms with Crippen LogP contribution < -0.4 is 10.6 Å². The number of aliphatic hydroxyl groups excluding tert-OH is 1. The smallest absolute Gasteiger partial charge is 0.337 e. The number of ether oxygens (including phenoxy) is 1. The van der Waals surface area contributed by atoms with E-state index < -0.39 is 5.97 Å². The molecule has 0 aromatic rings. The van der Waals surface area contributed by atoms with Gasteiger partial charge in [0.1, 0.15) is 0 Å². The Hall–Kier alpha value is -1.60. The monoisotopic (exact) mass is 313 g/mol. The van der Waals surface area contributed by atoms with Gasteiger partial charge in [-0.3, -0.25) is 4.90 Å². The summed E-state index contributed by atoms with van der Waals surface area (Å²) in [7, 11) is 0. The largest absolute Gasteiger partial charge is 0.463 e. The van der Waals surface area contributed by atoms with Crippen LogP contribution in [-0.4, -0.2) is 60.9 Å². The van der Waals surface area contributed by atoms with Crippen LogP contribution in [0.15, 0.2) is 11.3 Å². The molecule has 2 amide bonds. The molecule has 1 aliphatic heterocycles. The summed E-state index contributed by atoms with van der Waals surface area (Å²) in [4.78, 5) is 26.0. The van der Waals surface area contributed by atoms with Crippen molar-refractivity contribution in [1.82, 2.24) is 15.5 Å². The molecule has 1 unspecified atom stereocenters. The molecule has 22 heavy (non-hydrogen) atoms. The Morgan fingerprint density at radius 3 is 2.59 bits per heavy atom. The summed E-state index contributed by atoms with van der Waals surface area (Å²) in [5, 5.41) is 14.6. The van der Waals surface area contributed by atoms with Crippen LogP contribution in [-0.2, 0) is 9.53 Å². The first kappa shape index (κ1) is 18.4. The van der Waals surface area contributed by atoms with E-state index in [1.54, 1.807) is 6.92 Å². The summed E-state index contributed by atoms with van der Waals surface area (Å²) < 4.78 is 5.12. The van der Waals surface area contributed by atoms with Crippen LogP contribution in [0.3, 0.4) is 0 Å². The number of esters is 1. The maximum atomic E-state index is 12.2. The molecule has 126 valence electrons. The van der Waals surface area contributed by atoms with Crippen molar-refractivity contribution in [1.29, 1.82) is 0 Å². The molecular formula is C15H27N3O4. The second kappa shape index (κ2) is 9.42. The molecule has 7 nitrogen and oxygen atoms in total. The predicted molar refractivity (Wildman–Crippen MR) is 83.2 cm³/mol. The van der Waals surface area contributed by atoms with Crippen molar-refractivity contribution in [3.63, 3.8) is 0 Å². The van der Waals surface area contributed by atoms with Crippen LogP contribution in [0.2, 0.25) is 0 Å². The van der Waals surface area contributed by atoms with Crippen LogP contribution in [0.4, 0.5) is 4.79 Å². The lowest BCUT2D eigenvalue weighted by molar-refractivity contribution is -0.139. The van der Waals surface area contributed by atoms with Crippen molar-refractivity contribution in [3.8, 4) is 0 Å². The molecule has 7 heteroatoms. The van der Waals surface area contributed by atoms with Crippen molar-refractivity contribution in [3.05, 3.63) is 11.3 Å². The third kappa shape index (κ3) is 4.99. The average Bonchev–Trinajstić information content (AvgIpc) is 2.47. The second-order valence-corrected chi connectivity index (χ2v) is 5.17. The molecule has 3 N–H and O–H groups in total. The Labute approximate surface area is 131 Å². The van der Waals surface area contributed by atoms with E-state index in [0.29, 0.717) is 30.8 Å². The molecule has 0 radical (unpaired) electrons. The van der Waals surface area contributed by atoms with Crippen LogP contribution in [0.1, 0.15) is 33.6 Å². The average molecular weight is 313 g/mol. The van der Waals surface area contributed by atoms with E-state index in [4.69, 9.17) is 9.84 Å². The van der Waals surface area contributed by atoms with E-state index >= 15 is 0 Å². The maximum absolute atomic E-state index is 12.2. The normalized spacial score (nSPS) is 18.2. The Balaban J connectivity index is 3.06. The number of urea groups is 1. The van der Waals surface area contributed by atoms with Gasteiger partial charge < -0.3 is 20.5 Å². The van der Waals surface area contributed by atoms with Crippen molar-refractivity contribution in [2.45, 2.75) is 39.7 Å². The zero-order valence-electron chi connectivity index (χ0n) is 13.6. The highest BCUT2D eigenvalue weighted by Gasteiger charge is 2.31. The molecule has 1 atom stereocenters. The molecule has 0 saturated carbocycles. The highest BCUT2D eigenvalue weighted by Crippen LogP contribution is 2.18. The molecular weight excluding hydrogens is 286 g/mol. The Morgan fingerprint density at radius 1 is 1.32 bits per heavy atom. The third-order valence-electron chi connectivity index (χ3n) is 3.48. The zero-order chi connectivity index (χ0) is 16.5. The number of rotatable bonds is 9. The summed E-state index contributed by atoms with van der Waals surface area (Å²) in [6.07, 6.45) is 1.53. The number of aliphatic hydroxyl groups is 1. The van der Waals surface area contributed by atoms with Gasteiger partial charge in [0.2, 0.25) is 0 Å². The second-order valence-electron chi connectivity index (χ2n) is 5.17. The lowest BCUT2D eigenvalue weighted by Crippen LogP contribution is -2.52. The number of hydrogen-bond donors (Lipinski definition) is 3. The lowest BCUT2D eigenvalue weighted by atomic mass is 10.00. The minimum Gasteiger partial charge on any atom is -0.463 e. The molecule has 1 rings (SSSR count). The molecule has 0 aromatic heterocycles. The van der Waals surface area contributed by atoms with Gasteiger partial charge in [-0.2, -0.15) is 0 Å². The number of carbonyl (C=O) groups excluding carboxylic acids is 2. The van der Waals surface area contributed by atoms with E-state index in [1.165, 1.54) is 0 Å². The molecule has 0 saturated heterocycles. The quantitative estimate of drug-likeness (QED) is 0.542. The van der Waals surface area contributed by atoms with Crippen molar-refractivity contribution in [2.24, 2.45) is 0 Å². The fourth-order valence-corrected chi connectivity index (χ4v) is 2.54. The van der Waals surface area contributed by atoms with Gasteiger partial charge in [0.05, 0.1) is 24.8 Å². The molecule has 0 fully saturated rings. The highest BCUT2D eigenvalue weighted by atomic mass is 16.5. The molecule has 1 aliphatic rings. The number of hydrogen-bond acceptors (Lipinski definition) is 5. The summed E-state index contributed by atoms with van der Waals surface area (Å²) in [6.45, 7) is 7.70. The Morgan fingerprint density at radius 2 is 2.05 bits per heavy atom. The summed E-state index contributed by atoms with van der Waals surface area (Å²) >= 11 is 0. The van der Waals surface area contributed by atoms with Gasteiger partial charge in [0, 0.05) is 18.8 Å². The van der Waals surface area contributed by atoms with E-state index in [1.807, 2.05) is 18.7 Å². The fraction of sp³-hybridized carbons (Fsp3) is 0.733. The van der Waals surface area contributed by atoms with Gasteiger partial charge in [0.25, 0.3) is 0 Å². The molecule has 0 bridgehead atoms. The van der Waals surface area contributed by atoms with Crippen LogP contribution >= 0.6 is 0 Å². The van der Waals surface area contributed by atoms with Gasteiger partial charge >= 0.3 is 12.0 Å². The lowest BCUT2D eigenvalue weighted by Gasteiger charge is -2.31. The maximum Gasteiger partial charge on any atom is 0.337 e. The van der Waals surface area contributed by atoms with E-state index in [9.17, 15) is 9.59 Å². The van der Waals surface area contributed by atoms with Crippen molar-refractivity contribution < 1.29 is 19.4 Å². The SMILES string of the molecule is CCCN(CCO)CC1=C(C(=O)OCC)C(CC)NC(=O)N1. The predicted octanol–water partition coefficient (Wildman–Crippen LogP) is 0.599. The van der Waals surface area contributed by atoms with Crippen LogP contribution in [0.5, 0.6) is 0 Å². The number of amides is 2. The van der Waals surface area contributed by atoms with Gasteiger partial charge in [-0.15, -0.1) is 0 Å². The first-order chi connectivity index (χ1) is 10.6. The van der Waals surface area contributed by atoms with E-state index in [-0.39, 0.29) is 25.3 Å². The molecule has 0 spiro atoms. The van der Waals surface area contributed by atoms with Gasteiger partial charge in [-0.25, -0.2) is 9.59 Å². The van der Waals surface area contributed by atoms with Crippen molar-refractivity contribution in [2.75, 3.05) is 32.8 Å². The number of nitrogens with one attached hydrogen (secondary N) is 2.